The number of carbonyl (C=O) groups excluding carboxylic acids is 1. The van der Waals surface area contributed by atoms with E-state index in [1.807, 2.05) is 30.3 Å². The zero-order valence-corrected chi connectivity index (χ0v) is 14.8. The van der Waals surface area contributed by atoms with E-state index in [1.54, 1.807) is 17.2 Å². The maximum atomic E-state index is 13.0. The van der Waals surface area contributed by atoms with Gasteiger partial charge in [-0.15, -0.1) is 0 Å². The fourth-order valence-corrected chi connectivity index (χ4v) is 3.56. The van der Waals surface area contributed by atoms with Crippen LogP contribution in [0.2, 0.25) is 0 Å². The number of nitrogens with zero attached hydrogens (tertiary/aromatic N) is 3. The van der Waals surface area contributed by atoms with Crippen molar-refractivity contribution in [3.05, 3.63) is 64.8 Å². The third kappa shape index (κ3) is 4.58. The third-order valence-electron chi connectivity index (χ3n) is 4.98. The Labute approximate surface area is 153 Å². The molecule has 6 nitrogen and oxygen atoms in total. The molecular formula is C20H25N3O3. The van der Waals surface area contributed by atoms with E-state index in [9.17, 15) is 14.7 Å². The summed E-state index contributed by atoms with van der Waals surface area (Å²) in [7, 11) is 0. The average Bonchev–Trinajstić information content (AvgIpc) is 2.69. The molecule has 0 bridgehead atoms. The molecule has 1 aliphatic rings. The third-order valence-corrected chi connectivity index (χ3v) is 4.98. The summed E-state index contributed by atoms with van der Waals surface area (Å²) < 4.78 is 1.31. The lowest BCUT2D eigenvalue weighted by molar-refractivity contribution is -0.136. The van der Waals surface area contributed by atoms with E-state index in [-0.39, 0.29) is 25.0 Å². The van der Waals surface area contributed by atoms with Crippen molar-refractivity contribution in [3.63, 3.8) is 0 Å². The van der Waals surface area contributed by atoms with Crippen LogP contribution in [0, 0.1) is 0 Å². The summed E-state index contributed by atoms with van der Waals surface area (Å²) in [5.74, 6) is -0.151. The Kier molecular flexibility index (Phi) is 6.17. The Morgan fingerprint density at radius 3 is 2.62 bits per heavy atom. The molecular weight excluding hydrogens is 330 g/mol. The number of benzene rings is 1. The van der Waals surface area contributed by atoms with Crippen molar-refractivity contribution in [2.24, 2.45) is 0 Å². The molecule has 1 amide bonds. The van der Waals surface area contributed by atoms with Gasteiger partial charge in [0.05, 0.1) is 12.6 Å². The zero-order chi connectivity index (χ0) is 18.4. The van der Waals surface area contributed by atoms with Crippen LogP contribution in [-0.2, 0) is 11.3 Å². The summed E-state index contributed by atoms with van der Waals surface area (Å²) in [6.45, 7) is 0.188. The first-order valence-electron chi connectivity index (χ1n) is 9.19. The molecule has 0 spiro atoms. The lowest BCUT2D eigenvalue weighted by Crippen LogP contribution is -2.46. The molecule has 6 heteroatoms. The first kappa shape index (κ1) is 18.3. The maximum Gasteiger partial charge on any atom is 0.347 e. The van der Waals surface area contributed by atoms with Crippen molar-refractivity contribution < 1.29 is 9.90 Å². The van der Waals surface area contributed by atoms with Crippen LogP contribution in [0.3, 0.4) is 0 Å². The number of amides is 1. The second-order valence-corrected chi connectivity index (χ2v) is 6.79. The summed E-state index contributed by atoms with van der Waals surface area (Å²) in [6.07, 6.45) is 7.48. The topological polar surface area (TPSA) is 75.4 Å². The molecule has 0 aliphatic heterocycles. The summed E-state index contributed by atoms with van der Waals surface area (Å²) in [5.41, 5.74) is 0.354. The van der Waals surface area contributed by atoms with Gasteiger partial charge in [0.1, 0.15) is 6.54 Å². The van der Waals surface area contributed by atoms with Crippen molar-refractivity contribution in [1.29, 1.82) is 0 Å². The number of hydrogen-bond acceptors (Lipinski definition) is 4. The van der Waals surface area contributed by atoms with E-state index in [4.69, 9.17) is 0 Å². The van der Waals surface area contributed by atoms with Gasteiger partial charge in [0.15, 0.2) is 0 Å². The molecule has 0 radical (unpaired) electrons. The first-order chi connectivity index (χ1) is 12.6. The molecule has 1 aromatic carbocycles. The summed E-state index contributed by atoms with van der Waals surface area (Å²) in [4.78, 5) is 30.2. The highest BCUT2D eigenvalue weighted by Gasteiger charge is 2.28. The van der Waals surface area contributed by atoms with E-state index < -0.39 is 11.8 Å². The van der Waals surface area contributed by atoms with Crippen LogP contribution in [0.1, 0.15) is 43.8 Å². The fourth-order valence-electron chi connectivity index (χ4n) is 3.56. The molecule has 3 rings (SSSR count). The maximum absolute atomic E-state index is 13.0. The minimum atomic E-state index is -0.743. The Hall–Kier alpha value is -2.47. The van der Waals surface area contributed by atoms with Crippen LogP contribution >= 0.6 is 0 Å². The monoisotopic (exact) mass is 355 g/mol. The minimum absolute atomic E-state index is 0.0509. The number of aliphatic hydroxyl groups is 1. The molecule has 0 saturated heterocycles. The second kappa shape index (κ2) is 8.76. The standard InChI is InChI=1S/C20H25N3O3/c24-18(16-8-3-1-4-9-16)14-23(17-10-5-2-6-11-17)19(25)15-22-13-7-12-21-20(22)26/h1,3-4,7-9,12-13,17-18,24H,2,5-6,10-11,14-15H2. The molecule has 1 fully saturated rings. The zero-order valence-electron chi connectivity index (χ0n) is 14.8. The summed E-state index contributed by atoms with van der Waals surface area (Å²) in [5, 5.41) is 10.6. The normalized spacial score (nSPS) is 16.2. The highest BCUT2D eigenvalue weighted by molar-refractivity contribution is 5.76. The van der Waals surface area contributed by atoms with Gasteiger partial charge >= 0.3 is 5.69 Å². The van der Waals surface area contributed by atoms with Crippen LogP contribution in [0.4, 0.5) is 0 Å². The summed E-state index contributed by atoms with van der Waals surface area (Å²) >= 11 is 0. The van der Waals surface area contributed by atoms with E-state index in [1.165, 1.54) is 17.2 Å². The van der Waals surface area contributed by atoms with E-state index >= 15 is 0 Å². The number of carbonyl (C=O) groups is 1. The molecule has 2 aromatic rings. The van der Waals surface area contributed by atoms with Crippen LogP contribution in [0.25, 0.3) is 0 Å². The van der Waals surface area contributed by atoms with Gasteiger partial charge in [-0.05, 0) is 24.5 Å². The Morgan fingerprint density at radius 1 is 1.19 bits per heavy atom. The van der Waals surface area contributed by atoms with E-state index in [0.717, 1.165) is 31.2 Å². The lowest BCUT2D eigenvalue weighted by atomic mass is 9.93. The van der Waals surface area contributed by atoms with Gasteiger partial charge in [0.2, 0.25) is 5.91 Å². The molecule has 138 valence electrons. The average molecular weight is 355 g/mol. The van der Waals surface area contributed by atoms with Crippen molar-refractivity contribution >= 4 is 5.91 Å². The summed E-state index contributed by atoms with van der Waals surface area (Å²) in [6, 6.07) is 11.1. The van der Waals surface area contributed by atoms with Crippen molar-refractivity contribution in [2.45, 2.75) is 50.8 Å². The van der Waals surface area contributed by atoms with E-state index in [0.29, 0.717) is 0 Å². The van der Waals surface area contributed by atoms with Crippen molar-refractivity contribution in [2.75, 3.05) is 6.54 Å². The number of aliphatic hydroxyl groups excluding tert-OH is 1. The highest BCUT2D eigenvalue weighted by Crippen LogP contribution is 2.25. The molecule has 1 heterocycles. The van der Waals surface area contributed by atoms with Crippen LogP contribution in [0.5, 0.6) is 0 Å². The lowest BCUT2D eigenvalue weighted by Gasteiger charge is -2.36. The van der Waals surface area contributed by atoms with Crippen LogP contribution < -0.4 is 5.69 Å². The van der Waals surface area contributed by atoms with Crippen LogP contribution in [-0.4, -0.2) is 38.1 Å². The SMILES string of the molecule is O=C(Cn1cccnc1=O)N(CC(O)c1ccccc1)C1CCCCC1. The molecule has 1 aromatic heterocycles. The Balaban J connectivity index is 1.77. The molecule has 1 N–H and O–H groups in total. The fraction of sp³-hybridized carbons (Fsp3) is 0.450. The number of hydrogen-bond donors (Lipinski definition) is 1. The highest BCUT2D eigenvalue weighted by atomic mass is 16.3. The molecule has 1 atom stereocenters. The van der Waals surface area contributed by atoms with Crippen molar-refractivity contribution in [1.82, 2.24) is 14.5 Å². The largest absolute Gasteiger partial charge is 0.387 e. The van der Waals surface area contributed by atoms with Gasteiger partial charge in [-0.25, -0.2) is 9.78 Å². The predicted molar refractivity (Wildman–Crippen MR) is 98.5 cm³/mol. The van der Waals surface area contributed by atoms with Gasteiger partial charge in [0.25, 0.3) is 0 Å². The Morgan fingerprint density at radius 2 is 1.92 bits per heavy atom. The quantitative estimate of drug-likeness (QED) is 0.861. The van der Waals surface area contributed by atoms with Gasteiger partial charge in [-0.2, -0.15) is 0 Å². The first-order valence-corrected chi connectivity index (χ1v) is 9.19. The number of rotatable bonds is 6. The minimum Gasteiger partial charge on any atom is -0.387 e. The predicted octanol–water partition coefficient (Wildman–Crippen LogP) is 2.14. The Bertz CT molecular complexity index is 769. The second-order valence-electron chi connectivity index (χ2n) is 6.79. The van der Waals surface area contributed by atoms with Gasteiger partial charge in [-0.3, -0.25) is 9.36 Å². The molecule has 26 heavy (non-hydrogen) atoms. The molecule has 1 aliphatic carbocycles. The van der Waals surface area contributed by atoms with Gasteiger partial charge in [-0.1, -0.05) is 49.6 Å². The van der Waals surface area contributed by atoms with Crippen LogP contribution in [0.15, 0.2) is 53.6 Å². The van der Waals surface area contributed by atoms with Gasteiger partial charge < -0.3 is 10.0 Å². The molecule has 1 unspecified atom stereocenters. The van der Waals surface area contributed by atoms with E-state index in [2.05, 4.69) is 4.98 Å². The number of aromatic nitrogens is 2. The smallest absolute Gasteiger partial charge is 0.347 e. The van der Waals surface area contributed by atoms with Crippen molar-refractivity contribution in [3.8, 4) is 0 Å². The molecule has 1 saturated carbocycles. The van der Waals surface area contributed by atoms with Gasteiger partial charge in [0, 0.05) is 18.4 Å².